The van der Waals surface area contributed by atoms with E-state index >= 15 is 0 Å². The number of nitrogens with zero attached hydrogens (tertiary/aromatic N) is 5. The van der Waals surface area contributed by atoms with Gasteiger partial charge < -0.3 is 14.4 Å². The largest absolute Gasteiger partial charge is 0.497 e. The SMILES string of the molecule is CCCCN(CC)c1ccc(/N=C2/C(C)=Nc3c(-c4cc(OC)ccc4OC)c(C)nn32)c(C)c1. The highest BCUT2D eigenvalue weighted by molar-refractivity contribution is 6.44. The first kappa shape index (κ1) is 24.5. The van der Waals surface area contributed by atoms with E-state index in [-0.39, 0.29) is 0 Å². The average Bonchev–Trinajstić information content (AvgIpc) is 3.33. The monoisotopic (exact) mass is 473 g/mol. The van der Waals surface area contributed by atoms with Gasteiger partial charge in [0.2, 0.25) is 0 Å². The smallest absolute Gasteiger partial charge is 0.177 e. The van der Waals surface area contributed by atoms with E-state index < -0.39 is 0 Å². The number of ether oxygens (including phenoxy) is 2. The summed E-state index contributed by atoms with van der Waals surface area (Å²) in [5.41, 5.74) is 6.80. The van der Waals surface area contributed by atoms with Crippen LogP contribution in [0.5, 0.6) is 11.5 Å². The first-order valence-corrected chi connectivity index (χ1v) is 12.2. The van der Waals surface area contributed by atoms with E-state index in [1.165, 1.54) is 18.5 Å². The second-order valence-electron chi connectivity index (χ2n) is 8.80. The van der Waals surface area contributed by atoms with Crippen molar-refractivity contribution in [2.24, 2.45) is 9.98 Å². The Kier molecular flexibility index (Phi) is 7.24. The Hall–Kier alpha value is -3.61. The minimum absolute atomic E-state index is 0.741. The maximum Gasteiger partial charge on any atom is 0.177 e. The Balaban J connectivity index is 1.74. The molecule has 3 aromatic rings. The summed E-state index contributed by atoms with van der Waals surface area (Å²) in [7, 11) is 3.32. The van der Waals surface area contributed by atoms with Gasteiger partial charge in [-0.2, -0.15) is 9.78 Å². The molecular formula is C28H35N5O2. The summed E-state index contributed by atoms with van der Waals surface area (Å²) in [5.74, 6) is 3.00. The van der Waals surface area contributed by atoms with E-state index in [2.05, 4.69) is 43.9 Å². The molecule has 7 heteroatoms. The summed E-state index contributed by atoms with van der Waals surface area (Å²) < 4.78 is 12.9. The zero-order valence-corrected chi connectivity index (χ0v) is 21.8. The third-order valence-corrected chi connectivity index (χ3v) is 6.45. The van der Waals surface area contributed by atoms with Gasteiger partial charge in [-0.3, -0.25) is 0 Å². The molecule has 0 fully saturated rings. The number of benzene rings is 2. The van der Waals surface area contributed by atoms with Crippen molar-refractivity contribution in [3.05, 3.63) is 47.7 Å². The number of aliphatic imine (C=N–C) groups is 2. The Bertz CT molecular complexity index is 1290. The Labute approximate surface area is 208 Å². The summed E-state index contributed by atoms with van der Waals surface area (Å²) in [6, 6.07) is 12.2. The molecule has 0 unspecified atom stereocenters. The van der Waals surface area contributed by atoms with Crippen LogP contribution in [0.3, 0.4) is 0 Å². The molecule has 184 valence electrons. The fourth-order valence-electron chi connectivity index (χ4n) is 4.48. The zero-order valence-electron chi connectivity index (χ0n) is 21.8. The topological polar surface area (TPSA) is 64.2 Å². The molecule has 0 amide bonds. The predicted molar refractivity (Wildman–Crippen MR) is 145 cm³/mol. The molecule has 35 heavy (non-hydrogen) atoms. The molecule has 0 spiro atoms. The molecule has 0 bridgehead atoms. The molecule has 0 atom stereocenters. The molecule has 4 rings (SSSR count). The van der Waals surface area contributed by atoms with Crippen molar-refractivity contribution >= 4 is 28.7 Å². The van der Waals surface area contributed by atoms with Crippen molar-refractivity contribution in [3.8, 4) is 22.6 Å². The third kappa shape index (κ3) is 4.67. The molecule has 0 N–H and O–H groups in total. The number of rotatable bonds is 9. The molecule has 0 saturated heterocycles. The first-order valence-electron chi connectivity index (χ1n) is 12.2. The van der Waals surface area contributed by atoms with Crippen molar-refractivity contribution in [2.75, 3.05) is 32.2 Å². The van der Waals surface area contributed by atoms with Crippen LogP contribution in [0.4, 0.5) is 17.2 Å². The van der Waals surface area contributed by atoms with Crippen molar-refractivity contribution in [1.29, 1.82) is 0 Å². The van der Waals surface area contributed by atoms with Crippen LogP contribution >= 0.6 is 0 Å². The molecule has 7 nitrogen and oxygen atoms in total. The maximum absolute atomic E-state index is 5.64. The molecule has 2 heterocycles. The normalized spacial score (nSPS) is 13.7. The summed E-state index contributed by atoms with van der Waals surface area (Å²) >= 11 is 0. The third-order valence-electron chi connectivity index (χ3n) is 6.45. The van der Waals surface area contributed by atoms with E-state index in [1.807, 2.05) is 36.7 Å². The fourth-order valence-corrected chi connectivity index (χ4v) is 4.48. The van der Waals surface area contributed by atoms with Crippen LogP contribution in [-0.4, -0.2) is 48.6 Å². The summed E-state index contributed by atoms with van der Waals surface area (Å²) in [6.07, 6.45) is 2.38. The lowest BCUT2D eigenvalue weighted by Crippen LogP contribution is -2.23. The van der Waals surface area contributed by atoms with Crippen LogP contribution in [-0.2, 0) is 0 Å². The molecular weight excluding hydrogens is 438 g/mol. The van der Waals surface area contributed by atoms with Gasteiger partial charge in [0.25, 0.3) is 0 Å². The number of hydrogen-bond donors (Lipinski definition) is 0. The van der Waals surface area contributed by atoms with E-state index in [4.69, 9.17) is 24.6 Å². The second-order valence-corrected chi connectivity index (χ2v) is 8.80. The second kappa shape index (κ2) is 10.3. The van der Waals surface area contributed by atoms with Gasteiger partial charge in [-0.15, -0.1) is 0 Å². The molecule has 0 aliphatic carbocycles. The van der Waals surface area contributed by atoms with Gasteiger partial charge in [0, 0.05) is 24.3 Å². The van der Waals surface area contributed by atoms with E-state index in [0.717, 1.165) is 70.0 Å². The number of unbranched alkanes of at least 4 members (excludes halogenated alkanes) is 1. The molecule has 1 aliphatic rings. The number of aryl methyl sites for hydroxylation is 2. The van der Waals surface area contributed by atoms with Crippen LogP contribution in [0.1, 0.15) is 44.9 Å². The van der Waals surface area contributed by atoms with Crippen LogP contribution in [0.2, 0.25) is 0 Å². The van der Waals surface area contributed by atoms with E-state index in [9.17, 15) is 0 Å². The number of aromatic nitrogens is 2. The Morgan fingerprint density at radius 3 is 2.46 bits per heavy atom. The number of fused-ring (bicyclic) bond motifs is 1. The number of anilines is 1. The molecule has 0 radical (unpaired) electrons. The lowest BCUT2D eigenvalue weighted by Gasteiger charge is -2.23. The highest BCUT2D eigenvalue weighted by Gasteiger charge is 2.28. The summed E-state index contributed by atoms with van der Waals surface area (Å²) in [4.78, 5) is 12.3. The van der Waals surface area contributed by atoms with E-state index in [0.29, 0.717) is 0 Å². The highest BCUT2D eigenvalue weighted by atomic mass is 16.5. The van der Waals surface area contributed by atoms with Crippen LogP contribution < -0.4 is 14.4 Å². The lowest BCUT2D eigenvalue weighted by molar-refractivity contribution is 0.404. The molecule has 2 aromatic carbocycles. The number of hydrogen-bond acceptors (Lipinski definition) is 6. The standard InChI is InChI=1S/C28H35N5O2/c1-8-10-15-32(9-2)21-11-13-24(18(3)16-21)30-27-20(5)29-28-26(19(4)31-33(27)28)23-17-22(34-6)12-14-25(23)35-7/h11-14,16-17H,8-10,15H2,1-7H3/b30-27-. The van der Waals surface area contributed by atoms with Gasteiger partial charge in [0.05, 0.1) is 36.9 Å². The van der Waals surface area contributed by atoms with Gasteiger partial charge in [0.15, 0.2) is 11.7 Å². The van der Waals surface area contributed by atoms with Crippen LogP contribution in [0, 0.1) is 13.8 Å². The lowest BCUT2D eigenvalue weighted by atomic mass is 10.0. The summed E-state index contributed by atoms with van der Waals surface area (Å²) in [5, 5.41) is 4.82. The zero-order chi connectivity index (χ0) is 25.1. The van der Waals surface area contributed by atoms with Gasteiger partial charge in [-0.05, 0) is 76.1 Å². The van der Waals surface area contributed by atoms with Crippen molar-refractivity contribution < 1.29 is 9.47 Å². The molecule has 1 aliphatic heterocycles. The van der Waals surface area contributed by atoms with E-state index in [1.54, 1.807) is 14.2 Å². The van der Waals surface area contributed by atoms with Gasteiger partial charge in [-0.1, -0.05) is 13.3 Å². The Morgan fingerprint density at radius 1 is 1.00 bits per heavy atom. The molecule has 1 aromatic heterocycles. The number of methoxy groups -OCH3 is 2. The minimum atomic E-state index is 0.741. The Morgan fingerprint density at radius 2 is 1.80 bits per heavy atom. The minimum Gasteiger partial charge on any atom is -0.497 e. The highest BCUT2D eigenvalue weighted by Crippen LogP contribution is 2.42. The van der Waals surface area contributed by atoms with Crippen LogP contribution in [0.25, 0.3) is 11.1 Å². The van der Waals surface area contributed by atoms with Gasteiger partial charge in [0.1, 0.15) is 11.5 Å². The predicted octanol–water partition coefficient (Wildman–Crippen LogP) is 6.49. The fraction of sp³-hybridized carbons (Fsp3) is 0.393. The summed E-state index contributed by atoms with van der Waals surface area (Å²) in [6.45, 7) is 12.6. The quantitative estimate of drug-likeness (QED) is 0.356. The maximum atomic E-state index is 5.64. The van der Waals surface area contributed by atoms with Crippen LogP contribution in [0.15, 0.2) is 46.4 Å². The van der Waals surface area contributed by atoms with Crippen molar-refractivity contribution in [1.82, 2.24) is 9.78 Å². The first-order chi connectivity index (χ1) is 16.9. The average molecular weight is 474 g/mol. The van der Waals surface area contributed by atoms with Crippen molar-refractivity contribution in [2.45, 2.75) is 47.5 Å². The van der Waals surface area contributed by atoms with Crippen molar-refractivity contribution in [3.63, 3.8) is 0 Å². The molecule has 0 saturated carbocycles. The van der Waals surface area contributed by atoms with Gasteiger partial charge >= 0.3 is 0 Å². The van der Waals surface area contributed by atoms with Gasteiger partial charge in [-0.25, -0.2) is 9.98 Å².